The zero-order chi connectivity index (χ0) is 21.6. The van der Waals surface area contributed by atoms with Gasteiger partial charge in [0.1, 0.15) is 0 Å². The highest BCUT2D eigenvalue weighted by Gasteiger charge is 2.59. The third-order valence-electron chi connectivity index (χ3n) is 11.7. The van der Waals surface area contributed by atoms with Crippen molar-refractivity contribution in [2.24, 2.45) is 46.3 Å². The molecule has 0 amide bonds. The summed E-state index contributed by atoms with van der Waals surface area (Å²) in [5.41, 5.74) is 1.04. The van der Waals surface area contributed by atoms with Crippen LogP contribution in [0.1, 0.15) is 104 Å². The maximum absolute atomic E-state index is 10.7. The van der Waals surface area contributed by atoms with E-state index in [-0.39, 0.29) is 12.2 Å². The summed E-state index contributed by atoms with van der Waals surface area (Å²) >= 11 is 0. The predicted molar refractivity (Wildman–Crippen MR) is 125 cm³/mol. The first-order valence-electron chi connectivity index (χ1n) is 13.9. The fourth-order valence-corrected chi connectivity index (χ4v) is 9.73. The molecule has 0 spiro atoms. The van der Waals surface area contributed by atoms with Crippen molar-refractivity contribution < 1.29 is 14.9 Å². The second kappa shape index (κ2) is 8.91. The molecule has 1 saturated heterocycles. The minimum Gasteiger partial charge on any atom is -0.393 e. The van der Waals surface area contributed by atoms with E-state index in [2.05, 4.69) is 13.8 Å². The van der Waals surface area contributed by atoms with Crippen molar-refractivity contribution in [2.45, 2.75) is 116 Å². The lowest BCUT2D eigenvalue weighted by Crippen LogP contribution is -2.53. The summed E-state index contributed by atoms with van der Waals surface area (Å²) in [5.74, 6) is 4.89. The lowest BCUT2D eigenvalue weighted by Gasteiger charge is -2.61. The zero-order valence-corrected chi connectivity index (χ0v) is 20.2. The van der Waals surface area contributed by atoms with E-state index in [1.54, 1.807) is 0 Å². The van der Waals surface area contributed by atoms with Gasteiger partial charge in [0.2, 0.25) is 0 Å². The van der Waals surface area contributed by atoms with Gasteiger partial charge in [0.15, 0.2) is 0 Å². The number of aliphatic hydroxyl groups excluding tert-OH is 2. The van der Waals surface area contributed by atoms with Gasteiger partial charge in [0.05, 0.1) is 12.2 Å². The van der Waals surface area contributed by atoms with Crippen LogP contribution in [0.4, 0.5) is 0 Å². The van der Waals surface area contributed by atoms with Crippen molar-refractivity contribution in [1.82, 2.24) is 0 Å². The van der Waals surface area contributed by atoms with Crippen LogP contribution in [0.2, 0.25) is 0 Å². The molecule has 0 aromatic heterocycles. The Morgan fingerprint density at radius 1 is 0.871 bits per heavy atom. The van der Waals surface area contributed by atoms with E-state index < -0.39 is 0 Å². The van der Waals surface area contributed by atoms with Gasteiger partial charge in [0, 0.05) is 13.2 Å². The van der Waals surface area contributed by atoms with Crippen LogP contribution in [0, 0.1) is 46.3 Å². The molecule has 0 bridgehead atoms. The number of aliphatic hydroxyl groups is 2. The van der Waals surface area contributed by atoms with Gasteiger partial charge in [-0.2, -0.15) is 0 Å². The quantitative estimate of drug-likeness (QED) is 0.563. The second-order valence-electron chi connectivity index (χ2n) is 12.9. The van der Waals surface area contributed by atoms with Gasteiger partial charge in [-0.15, -0.1) is 0 Å². The highest BCUT2D eigenvalue weighted by molar-refractivity contribution is 5.09. The van der Waals surface area contributed by atoms with E-state index in [9.17, 15) is 10.2 Å². The van der Waals surface area contributed by atoms with Gasteiger partial charge in [-0.05, 0) is 130 Å². The molecule has 4 saturated carbocycles. The van der Waals surface area contributed by atoms with E-state index in [1.807, 2.05) is 0 Å². The summed E-state index contributed by atoms with van der Waals surface area (Å²) < 4.78 is 5.47. The molecular formula is C28H48O3. The van der Waals surface area contributed by atoms with Gasteiger partial charge in [0.25, 0.3) is 0 Å². The Morgan fingerprint density at radius 3 is 2.42 bits per heavy atom. The van der Waals surface area contributed by atoms with Gasteiger partial charge in [-0.1, -0.05) is 20.3 Å². The molecule has 0 aromatic carbocycles. The van der Waals surface area contributed by atoms with Crippen LogP contribution in [0.3, 0.4) is 0 Å². The van der Waals surface area contributed by atoms with E-state index in [1.165, 1.54) is 57.8 Å². The first-order chi connectivity index (χ1) is 14.9. The Balaban J connectivity index is 1.19. The van der Waals surface area contributed by atoms with Crippen molar-refractivity contribution in [3.8, 4) is 0 Å². The molecule has 178 valence electrons. The Kier molecular flexibility index (Phi) is 6.52. The summed E-state index contributed by atoms with van der Waals surface area (Å²) in [5, 5.41) is 20.9. The first kappa shape index (κ1) is 22.7. The lowest BCUT2D eigenvalue weighted by molar-refractivity contribution is -0.127. The molecule has 0 aromatic rings. The monoisotopic (exact) mass is 432 g/mol. The third-order valence-corrected chi connectivity index (χ3v) is 11.7. The zero-order valence-electron chi connectivity index (χ0n) is 20.2. The van der Waals surface area contributed by atoms with Crippen molar-refractivity contribution in [1.29, 1.82) is 0 Å². The lowest BCUT2D eigenvalue weighted by atomic mass is 9.44. The van der Waals surface area contributed by atoms with E-state index >= 15 is 0 Å². The minimum atomic E-state index is -0.110. The molecule has 7 unspecified atom stereocenters. The topological polar surface area (TPSA) is 49.7 Å². The molecule has 5 fully saturated rings. The highest BCUT2D eigenvalue weighted by atomic mass is 16.5. The Bertz CT molecular complexity index is 615. The third kappa shape index (κ3) is 4.03. The summed E-state index contributed by atoms with van der Waals surface area (Å²) in [6.45, 7) is 6.93. The van der Waals surface area contributed by atoms with Crippen molar-refractivity contribution in [2.75, 3.05) is 13.2 Å². The van der Waals surface area contributed by atoms with Gasteiger partial charge < -0.3 is 14.9 Å². The van der Waals surface area contributed by atoms with Crippen molar-refractivity contribution >= 4 is 0 Å². The van der Waals surface area contributed by atoms with Crippen LogP contribution >= 0.6 is 0 Å². The molecule has 1 aliphatic heterocycles. The first-order valence-corrected chi connectivity index (χ1v) is 13.9. The molecule has 2 N–H and O–H groups in total. The number of hydrogen-bond donors (Lipinski definition) is 2. The number of ether oxygens (including phenoxy) is 1. The summed E-state index contributed by atoms with van der Waals surface area (Å²) in [4.78, 5) is 0. The van der Waals surface area contributed by atoms with Crippen LogP contribution in [-0.2, 0) is 4.74 Å². The fourth-order valence-electron chi connectivity index (χ4n) is 9.73. The van der Waals surface area contributed by atoms with Crippen LogP contribution in [0.15, 0.2) is 0 Å². The van der Waals surface area contributed by atoms with Gasteiger partial charge in [-0.3, -0.25) is 0 Å². The minimum absolute atomic E-state index is 0.0316. The van der Waals surface area contributed by atoms with E-state index in [0.29, 0.717) is 16.7 Å². The molecular weight excluding hydrogens is 384 g/mol. The highest BCUT2D eigenvalue weighted by Crippen LogP contribution is 2.67. The smallest absolute Gasteiger partial charge is 0.0570 e. The maximum Gasteiger partial charge on any atom is 0.0570 e. The Labute approximate surface area is 190 Å². The molecule has 3 nitrogen and oxygen atoms in total. The van der Waals surface area contributed by atoms with Crippen LogP contribution in [0.25, 0.3) is 0 Å². The molecule has 31 heavy (non-hydrogen) atoms. The van der Waals surface area contributed by atoms with E-state index in [0.717, 1.165) is 74.9 Å². The summed E-state index contributed by atoms with van der Waals surface area (Å²) in [6, 6.07) is 0. The number of fused-ring (bicyclic) bond motifs is 5. The number of hydrogen-bond acceptors (Lipinski definition) is 3. The predicted octanol–water partition coefficient (Wildman–Crippen LogP) is 5.96. The molecule has 9 atom stereocenters. The molecule has 0 radical (unpaired) electrons. The van der Waals surface area contributed by atoms with Gasteiger partial charge in [-0.25, -0.2) is 0 Å². The van der Waals surface area contributed by atoms with Gasteiger partial charge >= 0.3 is 0 Å². The molecule has 3 heteroatoms. The number of rotatable bonds is 5. The van der Waals surface area contributed by atoms with Crippen LogP contribution < -0.4 is 0 Å². The van der Waals surface area contributed by atoms with E-state index in [4.69, 9.17) is 4.74 Å². The molecule has 5 aliphatic rings. The largest absolute Gasteiger partial charge is 0.393 e. The van der Waals surface area contributed by atoms with Crippen molar-refractivity contribution in [3.05, 3.63) is 0 Å². The Morgan fingerprint density at radius 2 is 1.61 bits per heavy atom. The normalized spacial score (nSPS) is 49.2. The summed E-state index contributed by atoms with van der Waals surface area (Å²) in [6.07, 6.45) is 17.4. The average molecular weight is 433 g/mol. The molecule has 1 heterocycles. The SMILES string of the molecule is CC12CCC3C(CC[C@@H]4CC(O)CC[C@]34C)C1CCC2CCCC(O)C1CCOCC1. The molecule has 5 rings (SSSR count). The van der Waals surface area contributed by atoms with Crippen LogP contribution in [0.5, 0.6) is 0 Å². The molecule has 4 aliphatic carbocycles. The van der Waals surface area contributed by atoms with Crippen molar-refractivity contribution in [3.63, 3.8) is 0 Å². The fraction of sp³-hybridized carbons (Fsp3) is 1.00. The summed E-state index contributed by atoms with van der Waals surface area (Å²) in [7, 11) is 0. The maximum atomic E-state index is 10.7. The average Bonchev–Trinajstić information content (AvgIpc) is 3.11. The Hall–Kier alpha value is -0.120. The van der Waals surface area contributed by atoms with Crippen LogP contribution in [-0.4, -0.2) is 35.6 Å². The second-order valence-corrected chi connectivity index (χ2v) is 12.9. The standard InChI is InChI=1S/C28H48O3/c1-27-15-11-25-23(8-6-21-18-22(29)10-14-28(21,25)2)24(27)9-7-20(27)4-3-5-26(30)19-12-16-31-17-13-19/h19-26,29-30H,3-18H2,1-2H3/t20?,21-,22?,23?,24?,25?,26?,27?,28+/m1/s1.